The second-order valence-corrected chi connectivity index (χ2v) is 6.61. The quantitative estimate of drug-likeness (QED) is 0.644. The van der Waals surface area contributed by atoms with Crippen molar-refractivity contribution in [3.63, 3.8) is 0 Å². The van der Waals surface area contributed by atoms with Crippen LogP contribution in [0.2, 0.25) is 0 Å². The Bertz CT molecular complexity index is 803. The van der Waals surface area contributed by atoms with Crippen LogP contribution in [-0.4, -0.2) is 19.3 Å². The predicted molar refractivity (Wildman–Crippen MR) is 89.2 cm³/mol. The number of aromatic nitrogens is 4. The summed E-state index contributed by atoms with van der Waals surface area (Å²) >= 11 is 9.88. The van der Waals surface area contributed by atoms with E-state index in [1.165, 1.54) is 0 Å². The van der Waals surface area contributed by atoms with Gasteiger partial charge >= 0.3 is 0 Å². The van der Waals surface area contributed by atoms with Crippen LogP contribution in [-0.2, 0) is 13.5 Å². The van der Waals surface area contributed by atoms with Gasteiger partial charge in [-0.25, -0.2) is 4.98 Å². The van der Waals surface area contributed by atoms with Crippen LogP contribution < -0.4 is 0 Å². The Kier molecular flexibility index (Phi) is 3.80. The highest BCUT2D eigenvalue weighted by Crippen LogP contribution is 2.31. The summed E-state index contributed by atoms with van der Waals surface area (Å²) < 4.78 is 4.97. The molecule has 0 bridgehead atoms. The molecule has 0 radical (unpaired) electrons. The first-order valence-electron chi connectivity index (χ1n) is 6.86. The van der Waals surface area contributed by atoms with E-state index < -0.39 is 0 Å². The number of aryl methyl sites for hydroxylation is 2. The Labute approximate surface area is 136 Å². The molecule has 1 atom stereocenters. The van der Waals surface area contributed by atoms with Gasteiger partial charge in [0, 0.05) is 17.7 Å². The van der Waals surface area contributed by atoms with Crippen molar-refractivity contribution in [1.82, 2.24) is 19.3 Å². The molecule has 0 aliphatic carbocycles. The minimum atomic E-state index is -0.180. The molecule has 0 fully saturated rings. The van der Waals surface area contributed by atoms with Crippen LogP contribution in [0.1, 0.15) is 30.7 Å². The fourth-order valence-corrected chi connectivity index (χ4v) is 3.04. The van der Waals surface area contributed by atoms with Gasteiger partial charge in [-0.05, 0) is 31.5 Å². The minimum Gasteiger partial charge on any atom is -0.292 e. The molecule has 0 spiro atoms. The van der Waals surface area contributed by atoms with E-state index in [1.807, 2.05) is 37.0 Å². The van der Waals surface area contributed by atoms with Gasteiger partial charge in [0.2, 0.25) is 0 Å². The van der Waals surface area contributed by atoms with E-state index in [1.54, 1.807) is 0 Å². The summed E-state index contributed by atoms with van der Waals surface area (Å²) in [7, 11) is 1.93. The maximum Gasteiger partial charge on any atom is 0.132 e. The van der Waals surface area contributed by atoms with Crippen molar-refractivity contribution in [1.29, 1.82) is 0 Å². The lowest BCUT2D eigenvalue weighted by atomic mass is 10.2. The third kappa shape index (κ3) is 2.49. The number of benzene rings is 1. The fourth-order valence-electron chi connectivity index (χ4n) is 2.55. The van der Waals surface area contributed by atoms with Crippen molar-refractivity contribution >= 4 is 38.6 Å². The van der Waals surface area contributed by atoms with Crippen molar-refractivity contribution < 1.29 is 0 Å². The van der Waals surface area contributed by atoms with E-state index in [0.29, 0.717) is 0 Å². The van der Waals surface area contributed by atoms with Crippen LogP contribution in [0.5, 0.6) is 0 Å². The second-order valence-electron chi connectivity index (χ2n) is 5.04. The first-order valence-corrected chi connectivity index (χ1v) is 8.09. The third-order valence-corrected chi connectivity index (χ3v) is 4.15. The van der Waals surface area contributed by atoms with Crippen LogP contribution in [0.15, 0.2) is 28.9 Å². The summed E-state index contributed by atoms with van der Waals surface area (Å²) in [5.74, 6) is 0.840. The Morgan fingerprint density at radius 2 is 2.14 bits per heavy atom. The molecule has 0 amide bonds. The van der Waals surface area contributed by atoms with Crippen molar-refractivity contribution in [3.8, 4) is 5.69 Å². The van der Waals surface area contributed by atoms with Crippen molar-refractivity contribution in [2.45, 2.75) is 25.6 Å². The van der Waals surface area contributed by atoms with Crippen molar-refractivity contribution in [2.75, 3.05) is 0 Å². The van der Waals surface area contributed by atoms with Crippen LogP contribution >= 0.6 is 27.5 Å². The second kappa shape index (κ2) is 5.46. The Hall–Kier alpha value is -1.33. The summed E-state index contributed by atoms with van der Waals surface area (Å²) in [4.78, 5) is 4.69. The molecule has 21 heavy (non-hydrogen) atoms. The van der Waals surface area contributed by atoms with Gasteiger partial charge in [0.15, 0.2) is 0 Å². The smallest absolute Gasteiger partial charge is 0.132 e. The normalized spacial score (nSPS) is 13.0. The number of hydrogen-bond donors (Lipinski definition) is 0. The molecule has 3 rings (SSSR count). The molecule has 0 saturated heterocycles. The number of halogens is 2. The van der Waals surface area contributed by atoms with Gasteiger partial charge < -0.3 is 0 Å². The Morgan fingerprint density at radius 1 is 1.38 bits per heavy atom. The summed E-state index contributed by atoms with van der Waals surface area (Å²) in [6, 6.07) is 6.06. The standard InChI is InChI=1S/C15H16BrClN4/c1-4-11-14(8-20(3)19-11)21-13-7-10(16)5-6-12(13)18-15(21)9(2)17/h5-9H,4H2,1-3H3. The SMILES string of the molecule is CCc1nn(C)cc1-n1c(C(C)Cl)nc2ccc(Br)cc21. The lowest BCUT2D eigenvalue weighted by molar-refractivity contribution is 0.746. The summed E-state index contributed by atoms with van der Waals surface area (Å²) in [6.07, 6.45) is 2.88. The van der Waals surface area contributed by atoms with Gasteiger partial charge in [-0.3, -0.25) is 9.25 Å². The Balaban J connectivity index is 2.38. The fraction of sp³-hybridized carbons (Fsp3) is 0.333. The molecule has 3 aromatic rings. The molecular formula is C15H16BrClN4. The highest BCUT2D eigenvalue weighted by molar-refractivity contribution is 9.10. The van der Waals surface area contributed by atoms with Gasteiger partial charge in [0.1, 0.15) is 5.82 Å². The zero-order chi connectivity index (χ0) is 15.1. The van der Waals surface area contributed by atoms with E-state index in [0.717, 1.165) is 39.1 Å². The van der Waals surface area contributed by atoms with Gasteiger partial charge in [-0.2, -0.15) is 5.10 Å². The molecule has 2 aromatic heterocycles. The molecule has 110 valence electrons. The maximum atomic E-state index is 6.35. The largest absolute Gasteiger partial charge is 0.292 e. The molecular weight excluding hydrogens is 352 g/mol. The van der Waals surface area contributed by atoms with E-state index in [-0.39, 0.29) is 5.38 Å². The predicted octanol–water partition coefficient (Wildman–Crippen LogP) is 4.38. The summed E-state index contributed by atoms with van der Waals surface area (Å²) in [5.41, 5.74) is 4.06. The van der Waals surface area contributed by atoms with E-state index in [9.17, 15) is 0 Å². The van der Waals surface area contributed by atoms with Gasteiger partial charge in [0.25, 0.3) is 0 Å². The molecule has 4 nitrogen and oxygen atoms in total. The molecule has 0 aliphatic heterocycles. The highest BCUT2D eigenvalue weighted by Gasteiger charge is 2.20. The number of rotatable bonds is 3. The molecule has 2 heterocycles. The average molecular weight is 368 g/mol. The average Bonchev–Trinajstić information content (AvgIpc) is 2.98. The Morgan fingerprint density at radius 3 is 2.81 bits per heavy atom. The zero-order valence-electron chi connectivity index (χ0n) is 12.1. The highest BCUT2D eigenvalue weighted by atomic mass is 79.9. The lowest BCUT2D eigenvalue weighted by Gasteiger charge is -2.10. The number of imidazole rings is 1. The summed E-state index contributed by atoms with van der Waals surface area (Å²) in [6.45, 7) is 4.04. The van der Waals surface area contributed by atoms with Gasteiger partial charge in [0.05, 0.1) is 27.8 Å². The number of fused-ring (bicyclic) bond motifs is 1. The van der Waals surface area contributed by atoms with E-state index in [4.69, 9.17) is 11.6 Å². The number of nitrogens with zero attached hydrogens (tertiary/aromatic N) is 4. The van der Waals surface area contributed by atoms with E-state index in [2.05, 4.69) is 43.6 Å². The van der Waals surface area contributed by atoms with Crippen molar-refractivity contribution in [2.24, 2.45) is 7.05 Å². The molecule has 1 aromatic carbocycles. The third-order valence-electron chi connectivity index (χ3n) is 3.46. The zero-order valence-corrected chi connectivity index (χ0v) is 14.5. The maximum absolute atomic E-state index is 6.35. The van der Waals surface area contributed by atoms with Gasteiger partial charge in [-0.15, -0.1) is 11.6 Å². The van der Waals surface area contributed by atoms with Crippen LogP contribution in [0.25, 0.3) is 16.7 Å². The lowest BCUT2D eigenvalue weighted by Crippen LogP contribution is -2.03. The number of hydrogen-bond acceptors (Lipinski definition) is 2. The van der Waals surface area contributed by atoms with Crippen LogP contribution in [0.4, 0.5) is 0 Å². The van der Waals surface area contributed by atoms with Crippen LogP contribution in [0.3, 0.4) is 0 Å². The first-order chi connectivity index (χ1) is 10.0. The topological polar surface area (TPSA) is 35.6 Å². The molecule has 0 aliphatic rings. The monoisotopic (exact) mass is 366 g/mol. The molecule has 0 N–H and O–H groups in total. The van der Waals surface area contributed by atoms with Crippen molar-refractivity contribution in [3.05, 3.63) is 40.4 Å². The molecule has 1 unspecified atom stereocenters. The molecule has 0 saturated carbocycles. The minimum absolute atomic E-state index is 0.180. The number of alkyl halides is 1. The summed E-state index contributed by atoms with van der Waals surface area (Å²) in [5, 5.41) is 4.35. The van der Waals surface area contributed by atoms with E-state index >= 15 is 0 Å². The van der Waals surface area contributed by atoms with Crippen LogP contribution in [0, 0.1) is 0 Å². The van der Waals surface area contributed by atoms with Gasteiger partial charge in [-0.1, -0.05) is 22.9 Å². The molecule has 6 heteroatoms. The first kappa shape index (κ1) is 14.6.